The number of thiophene rings is 1. The lowest BCUT2D eigenvalue weighted by Crippen LogP contribution is -1.85. The molecule has 0 N–H and O–H groups in total. The average Bonchev–Trinajstić information content (AvgIpc) is 2.42. The maximum atomic E-state index is 10.9. The molecular formula is C9H4ClIOS. The van der Waals surface area contributed by atoms with Gasteiger partial charge in [-0.05, 0) is 63.8 Å². The Labute approximate surface area is 97.8 Å². The van der Waals surface area contributed by atoms with Crippen LogP contribution < -0.4 is 0 Å². The zero-order chi connectivity index (χ0) is 9.42. The molecule has 1 nitrogen and oxygen atoms in total. The van der Waals surface area contributed by atoms with Gasteiger partial charge in [-0.1, -0.05) is 0 Å². The van der Waals surface area contributed by atoms with Crippen LogP contribution in [-0.4, -0.2) is 5.24 Å². The Kier molecular flexibility index (Phi) is 2.58. The number of carbonyl (C=O) groups excluding carboxylic acids is 1. The van der Waals surface area contributed by atoms with Crippen LogP contribution in [0.15, 0.2) is 24.3 Å². The third-order valence-corrected chi connectivity index (χ3v) is 3.81. The lowest BCUT2D eigenvalue weighted by atomic mass is 10.2. The lowest BCUT2D eigenvalue weighted by molar-refractivity contribution is 0.108. The summed E-state index contributed by atoms with van der Waals surface area (Å²) in [5.74, 6) is 0. The van der Waals surface area contributed by atoms with Gasteiger partial charge >= 0.3 is 0 Å². The summed E-state index contributed by atoms with van der Waals surface area (Å²) in [4.78, 5) is 10.9. The summed E-state index contributed by atoms with van der Waals surface area (Å²) in [6, 6.07) is 7.55. The minimum atomic E-state index is -0.400. The van der Waals surface area contributed by atoms with Crippen LogP contribution in [0.2, 0.25) is 0 Å². The first-order valence-corrected chi connectivity index (χ1v) is 5.83. The van der Waals surface area contributed by atoms with Gasteiger partial charge in [0, 0.05) is 10.3 Å². The fourth-order valence-corrected chi connectivity index (χ4v) is 3.07. The van der Waals surface area contributed by atoms with Gasteiger partial charge in [0.2, 0.25) is 0 Å². The van der Waals surface area contributed by atoms with Crippen LogP contribution in [0.25, 0.3) is 10.1 Å². The van der Waals surface area contributed by atoms with Gasteiger partial charge in [0.15, 0.2) is 0 Å². The first kappa shape index (κ1) is 9.43. The maximum absolute atomic E-state index is 10.9. The summed E-state index contributed by atoms with van der Waals surface area (Å²) in [6.45, 7) is 0. The van der Waals surface area contributed by atoms with Crippen molar-refractivity contribution in [2.45, 2.75) is 0 Å². The third kappa shape index (κ3) is 1.87. The minimum absolute atomic E-state index is 0.400. The Bertz CT molecular complexity index is 477. The molecule has 1 aromatic carbocycles. The van der Waals surface area contributed by atoms with Gasteiger partial charge in [-0.2, -0.15) is 0 Å². The van der Waals surface area contributed by atoms with E-state index in [-0.39, 0.29) is 0 Å². The zero-order valence-electron chi connectivity index (χ0n) is 6.38. The Hall–Kier alpha value is -0.130. The highest BCUT2D eigenvalue weighted by atomic mass is 127. The molecule has 0 fully saturated rings. The molecule has 2 rings (SSSR count). The smallest absolute Gasteiger partial charge is 0.252 e. The summed E-state index contributed by atoms with van der Waals surface area (Å²) < 4.78 is 2.40. The van der Waals surface area contributed by atoms with Crippen molar-refractivity contribution in [1.29, 1.82) is 0 Å². The van der Waals surface area contributed by atoms with Crippen molar-refractivity contribution in [3.8, 4) is 0 Å². The molecule has 66 valence electrons. The van der Waals surface area contributed by atoms with E-state index < -0.39 is 5.24 Å². The second-order valence-corrected chi connectivity index (χ2v) is 5.90. The van der Waals surface area contributed by atoms with Gasteiger partial charge in [-0.25, -0.2) is 0 Å². The van der Waals surface area contributed by atoms with E-state index >= 15 is 0 Å². The van der Waals surface area contributed by atoms with Crippen LogP contribution in [0, 0.1) is 2.88 Å². The molecule has 0 amide bonds. The molecule has 13 heavy (non-hydrogen) atoms. The molecule has 0 atom stereocenters. The van der Waals surface area contributed by atoms with E-state index in [1.165, 1.54) is 7.58 Å². The molecule has 0 aliphatic carbocycles. The van der Waals surface area contributed by atoms with Gasteiger partial charge in [0.25, 0.3) is 5.24 Å². The van der Waals surface area contributed by atoms with Crippen molar-refractivity contribution < 1.29 is 4.79 Å². The van der Waals surface area contributed by atoms with Crippen LogP contribution in [0.5, 0.6) is 0 Å². The second kappa shape index (κ2) is 3.55. The predicted octanol–water partition coefficient (Wildman–Crippen LogP) is 3.88. The van der Waals surface area contributed by atoms with Crippen molar-refractivity contribution in [3.05, 3.63) is 32.7 Å². The molecule has 0 aliphatic rings. The molecule has 0 spiro atoms. The Morgan fingerprint density at radius 2 is 2.15 bits per heavy atom. The van der Waals surface area contributed by atoms with Crippen LogP contribution >= 0.6 is 45.5 Å². The van der Waals surface area contributed by atoms with Crippen molar-refractivity contribution in [1.82, 2.24) is 0 Å². The SMILES string of the molecule is O=C(Cl)c1ccc2sc(I)cc2c1. The normalized spacial score (nSPS) is 10.6. The number of rotatable bonds is 1. The average molecular weight is 323 g/mol. The van der Waals surface area contributed by atoms with Crippen LogP contribution in [-0.2, 0) is 0 Å². The first-order chi connectivity index (χ1) is 6.16. The fourth-order valence-electron chi connectivity index (χ4n) is 1.13. The lowest BCUT2D eigenvalue weighted by Gasteiger charge is -1.92. The Balaban J connectivity index is 2.67. The van der Waals surface area contributed by atoms with E-state index in [0.29, 0.717) is 5.56 Å². The highest BCUT2D eigenvalue weighted by Gasteiger charge is 2.04. The summed E-state index contributed by atoms with van der Waals surface area (Å²) in [5.41, 5.74) is 0.559. The summed E-state index contributed by atoms with van der Waals surface area (Å²) in [6.07, 6.45) is 0. The van der Waals surface area contributed by atoms with E-state index in [4.69, 9.17) is 11.6 Å². The highest BCUT2D eigenvalue weighted by molar-refractivity contribution is 14.1. The molecule has 0 saturated carbocycles. The molecule has 0 radical (unpaired) electrons. The number of halogens is 2. The van der Waals surface area contributed by atoms with E-state index in [0.717, 1.165) is 5.39 Å². The molecule has 0 aliphatic heterocycles. The van der Waals surface area contributed by atoms with Crippen LogP contribution in [0.1, 0.15) is 10.4 Å². The number of hydrogen-bond acceptors (Lipinski definition) is 2. The zero-order valence-corrected chi connectivity index (χ0v) is 10.1. The van der Waals surface area contributed by atoms with Crippen molar-refractivity contribution in [2.24, 2.45) is 0 Å². The van der Waals surface area contributed by atoms with E-state index in [1.54, 1.807) is 17.4 Å². The van der Waals surface area contributed by atoms with Gasteiger partial charge in [0.1, 0.15) is 0 Å². The Morgan fingerprint density at radius 1 is 1.38 bits per heavy atom. The van der Waals surface area contributed by atoms with Crippen LogP contribution in [0.3, 0.4) is 0 Å². The molecule has 0 bridgehead atoms. The molecular weight excluding hydrogens is 319 g/mol. The third-order valence-electron chi connectivity index (χ3n) is 1.71. The summed E-state index contributed by atoms with van der Waals surface area (Å²) >= 11 is 9.34. The summed E-state index contributed by atoms with van der Waals surface area (Å²) in [5, 5.41) is 0.684. The van der Waals surface area contributed by atoms with Gasteiger partial charge in [-0.15, -0.1) is 11.3 Å². The highest BCUT2D eigenvalue weighted by Crippen LogP contribution is 2.27. The minimum Gasteiger partial charge on any atom is -0.276 e. The van der Waals surface area contributed by atoms with E-state index in [2.05, 4.69) is 22.6 Å². The molecule has 0 unspecified atom stereocenters. The Morgan fingerprint density at radius 3 is 2.85 bits per heavy atom. The number of hydrogen-bond donors (Lipinski definition) is 0. The van der Waals surface area contributed by atoms with Gasteiger partial charge in [-0.3, -0.25) is 4.79 Å². The molecule has 1 heterocycles. The van der Waals surface area contributed by atoms with Gasteiger partial charge < -0.3 is 0 Å². The monoisotopic (exact) mass is 322 g/mol. The number of carbonyl (C=O) groups is 1. The summed E-state index contributed by atoms with van der Waals surface area (Å²) in [7, 11) is 0. The topological polar surface area (TPSA) is 17.1 Å². The molecule has 0 saturated heterocycles. The van der Waals surface area contributed by atoms with Crippen molar-refractivity contribution >= 4 is 60.9 Å². The van der Waals surface area contributed by atoms with Gasteiger partial charge in [0.05, 0.1) is 2.88 Å². The molecule has 2 aromatic rings. The van der Waals surface area contributed by atoms with Crippen LogP contribution in [0.4, 0.5) is 0 Å². The predicted molar refractivity (Wildman–Crippen MR) is 64.7 cm³/mol. The number of benzene rings is 1. The first-order valence-electron chi connectivity index (χ1n) is 3.56. The maximum Gasteiger partial charge on any atom is 0.252 e. The molecule has 4 heteroatoms. The largest absolute Gasteiger partial charge is 0.276 e. The van der Waals surface area contributed by atoms with E-state index in [1.807, 2.05) is 18.2 Å². The quantitative estimate of drug-likeness (QED) is 0.575. The molecule has 1 aromatic heterocycles. The van der Waals surface area contributed by atoms with Crippen molar-refractivity contribution in [3.63, 3.8) is 0 Å². The second-order valence-electron chi connectivity index (χ2n) is 2.58. The number of fused-ring (bicyclic) bond motifs is 1. The standard InChI is InChI=1S/C9H4ClIOS/c10-9(12)5-1-2-7-6(3-5)4-8(11)13-7/h1-4H. The van der Waals surface area contributed by atoms with E-state index in [9.17, 15) is 4.79 Å². The fraction of sp³-hybridized carbons (Fsp3) is 0. The van der Waals surface area contributed by atoms with Crippen molar-refractivity contribution in [2.75, 3.05) is 0 Å².